The van der Waals surface area contributed by atoms with E-state index in [1.165, 1.54) is 0 Å². The van der Waals surface area contributed by atoms with Crippen LogP contribution in [0.25, 0.3) is 0 Å². The Balaban J connectivity index is 1.68. The standard InChI is InChI=1S/C17H15BrN4O/c18-15-5-3-13(4-6-15)17(23)22-10-8-21(9-11-22)16-14(12-19)2-1-7-20-16/h1-7H,8-11H2. The highest BCUT2D eigenvalue weighted by molar-refractivity contribution is 9.10. The summed E-state index contributed by atoms with van der Waals surface area (Å²) in [5, 5.41) is 9.18. The molecule has 0 unspecified atom stereocenters. The number of anilines is 1. The van der Waals surface area contributed by atoms with Crippen molar-refractivity contribution in [3.8, 4) is 6.07 Å². The molecule has 5 nitrogen and oxygen atoms in total. The number of nitrogens with zero attached hydrogens (tertiary/aromatic N) is 4. The monoisotopic (exact) mass is 370 g/mol. The number of aromatic nitrogens is 1. The van der Waals surface area contributed by atoms with Crippen LogP contribution in [0, 0.1) is 11.3 Å². The number of carbonyl (C=O) groups is 1. The Labute approximate surface area is 143 Å². The molecule has 0 saturated carbocycles. The molecule has 3 rings (SSSR count). The minimum Gasteiger partial charge on any atom is -0.352 e. The summed E-state index contributed by atoms with van der Waals surface area (Å²) in [7, 11) is 0. The second kappa shape index (κ2) is 6.80. The van der Waals surface area contributed by atoms with E-state index in [1.807, 2.05) is 29.2 Å². The predicted octanol–water partition coefficient (Wildman–Crippen LogP) is 2.68. The van der Waals surface area contributed by atoms with Gasteiger partial charge in [-0.05, 0) is 36.4 Å². The maximum absolute atomic E-state index is 12.5. The first-order chi connectivity index (χ1) is 11.2. The molecule has 0 radical (unpaired) electrons. The van der Waals surface area contributed by atoms with Gasteiger partial charge in [-0.2, -0.15) is 5.26 Å². The molecule has 0 bridgehead atoms. The van der Waals surface area contributed by atoms with Gasteiger partial charge in [0, 0.05) is 42.4 Å². The summed E-state index contributed by atoms with van der Waals surface area (Å²) in [6.45, 7) is 2.59. The van der Waals surface area contributed by atoms with Crippen LogP contribution in [0.2, 0.25) is 0 Å². The lowest BCUT2D eigenvalue weighted by Gasteiger charge is -2.35. The summed E-state index contributed by atoms with van der Waals surface area (Å²) in [5.74, 6) is 0.740. The number of halogens is 1. The van der Waals surface area contributed by atoms with Crippen molar-refractivity contribution in [3.05, 3.63) is 58.2 Å². The van der Waals surface area contributed by atoms with Crippen molar-refractivity contribution in [2.24, 2.45) is 0 Å². The molecule has 0 N–H and O–H groups in total. The smallest absolute Gasteiger partial charge is 0.253 e. The van der Waals surface area contributed by atoms with Crippen LogP contribution in [-0.2, 0) is 0 Å². The summed E-state index contributed by atoms with van der Waals surface area (Å²) in [5.41, 5.74) is 1.26. The van der Waals surface area contributed by atoms with Gasteiger partial charge in [-0.15, -0.1) is 0 Å². The number of carbonyl (C=O) groups excluding carboxylic acids is 1. The Morgan fingerprint density at radius 1 is 1.13 bits per heavy atom. The van der Waals surface area contributed by atoms with Crippen LogP contribution in [0.4, 0.5) is 5.82 Å². The van der Waals surface area contributed by atoms with Gasteiger partial charge in [0.1, 0.15) is 11.9 Å². The van der Waals surface area contributed by atoms with Gasteiger partial charge in [0.05, 0.1) is 5.56 Å². The van der Waals surface area contributed by atoms with E-state index in [2.05, 4.69) is 31.9 Å². The lowest BCUT2D eigenvalue weighted by molar-refractivity contribution is 0.0746. The van der Waals surface area contributed by atoms with E-state index in [0.717, 1.165) is 4.47 Å². The van der Waals surface area contributed by atoms with Crippen LogP contribution in [0.1, 0.15) is 15.9 Å². The zero-order valence-electron chi connectivity index (χ0n) is 12.4. The highest BCUT2D eigenvalue weighted by atomic mass is 79.9. The molecule has 116 valence electrons. The van der Waals surface area contributed by atoms with E-state index in [1.54, 1.807) is 18.3 Å². The Morgan fingerprint density at radius 3 is 2.48 bits per heavy atom. The molecule has 1 aliphatic rings. The van der Waals surface area contributed by atoms with Crippen molar-refractivity contribution in [1.82, 2.24) is 9.88 Å². The average molecular weight is 371 g/mol. The van der Waals surface area contributed by atoms with Gasteiger partial charge in [0.2, 0.25) is 0 Å². The summed E-state index contributed by atoms with van der Waals surface area (Å²) in [6, 6.07) is 13.1. The van der Waals surface area contributed by atoms with Gasteiger partial charge < -0.3 is 9.80 Å². The molecular formula is C17H15BrN4O. The van der Waals surface area contributed by atoms with Crippen LogP contribution in [0.15, 0.2) is 47.1 Å². The number of rotatable bonds is 2. The Kier molecular flexibility index (Phi) is 4.58. The van der Waals surface area contributed by atoms with E-state index >= 15 is 0 Å². The first-order valence-electron chi connectivity index (χ1n) is 7.34. The van der Waals surface area contributed by atoms with Gasteiger partial charge in [-0.3, -0.25) is 4.79 Å². The molecule has 1 aliphatic heterocycles. The Bertz CT molecular complexity index is 746. The largest absolute Gasteiger partial charge is 0.352 e. The first kappa shape index (κ1) is 15.5. The molecular weight excluding hydrogens is 356 g/mol. The molecule has 23 heavy (non-hydrogen) atoms. The molecule has 1 amide bonds. The molecule has 2 aromatic rings. The van der Waals surface area contributed by atoms with E-state index in [4.69, 9.17) is 0 Å². The molecule has 0 spiro atoms. The molecule has 6 heteroatoms. The van der Waals surface area contributed by atoms with Crippen LogP contribution < -0.4 is 4.90 Å². The zero-order chi connectivity index (χ0) is 16.2. The van der Waals surface area contributed by atoms with Crippen molar-refractivity contribution in [3.63, 3.8) is 0 Å². The van der Waals surface area contributed by atoms with Gasteiger partial charge in [-0.1, -0.05) is 15.9 Å². The molecule has 0 aliphatic carbocycles. The number of hydrogen-bond donors (Lipinski definition) is 0. The van der Waals surface area contributed by atoms with E-state index in [9.17, 15) is 10.1 Å². The molecule has 1 aromatic carbocycles. The van der Waals surface area contributed by atoms with Crippen molar-refractivity contribution >= 4 is 27.7 Å². The Morgan fingerprint density at radius 2 is 1.83 bits per heavy atom. The van der Waals surface area contributed by atoms with E-state index in [-0.39, 0.29) is 5.91 Å². The van der Waals surface area contributed by atoms with Crippen molar-refractivity contribution in [1.29, 1.82) is 5.26 Å². The zero-order valence-corrected chi connectivity index (χ0v) is 14.0. The predicted molar refractivity (Wildman–Crippen MR) is 91.2 cm³/mol. The van der Waals surface area contributed by atoms with Crippen LogP contribution in [-0.4, -0.2) is 42.0 Å². The summed E-state index contributed by atoms with van der Waals surface area (Å²) >= 11 is 3.37. The van der Waals surface area contributed by atoms with Crippen molar-refractivity contribution in [2.75, 3.05) is 31.1 Å². The second-order valence-electron chi connectivity index (χ2n) is 5.27. The van der Waals surface area contributed by atoms with Crippen LogP contribution in [0.3, 0.4) is 0 Å². The highest BCUT2D eigenvalue weighted by Gasteiger charge is 2.24. The fourth-order valence-corrected chi connectivity index (χ4v) is 2.90. The summed E-state index contributed by atoms with van der Waals surface area (Å²) < 4.78 is 0.957. The maximum Gasteiger partial charge on any atom is 0.253 e. The first-order valence-corrected chi connectivity index (χ1v) is 8.13. The van der Waals surface area contributed by atoms with Gasteiger partial charge in [-0.25, -0.2) is 4.98 Å². The molecule has 2 heterocycles. The average Bonchev–Trinajstić information content (AvgIpc) is 2.62. The quantitative estimate of drug-likeness (QED) is 0.815. The highest BCUT2D eigenvalue weighted by Crippen LogP contribution is 2.19. The maximum atomic E-state index is 12.5. The summed E-state index contributed by atoms with van der Waals surface area (Å²) in [4.78, 5) is 20.7. The third-order valence-corrected chi connectivity index (χ3v) is 4.39. The summed E-state index contributed by atoms with van der Waals surface area (Å²) in [6.07, 6.45) is 1.69. The number of pyridine rings is 1. The molecule has 1 aromatic heterocycles. The lowest BCUT2D eigenvalue weighted by Crippen LogP contribution is -2.49. The minimum atomic E-state index is 0.0404. The Hall–Kier alpha value is -2.39. The third kappa shape index (κ3) is 3.35. The third-order valence-electron chi connectivity index (χ3n) is 3.86. The number of amides is 1. The normalized spacial score (nSPS) is 14.4. The minimum absolute atomic E-state index is 0.0404. The number of nitriles is 1. The number of hydrogen-bond acceptors (Lipinski definition) is 4. The number of benzene rings is 1. The van der Waals surface area contributed by atoms with E-state index in [0.29, 0.717) is 43.1 Å². The van der Waals surface area contributed by atoms with E-state index < -0.39 is 0 Å². The molecule has 0 atom stereocenters. The molecule has 1 fully saturated rings. The second-order valence-corrected chi connectivity index (χ2v) is 6.19. The number of piperazine rings is 1. The van der Waals surface area contributed by atoms with Crippen LogP contribution >= 0.6 is 15.9 Å². The lowest BCUT2D eigenvalue weighted by atomic mass is 10.1. The van der Waals surface area contributed by atoms with Crippen LogP contribution in [0.5, 0.6) is 0 Å². The topological polar surface area (TPSA) is 60.2 Å². The van der Waals surface area contributed by atoms with Gasteiger partial charge >= 0.3 is 0 Å². The fraction of sp³-hybridized carbons (Fsp3) is 0.235. The molecule has 1 saturated heterocycles. The SMILES string of the molecule is N#Cc1cccnc1N1CCN(C(=O)c2ccc(Br)cc2)CC1. The fourth-order valence-electron chi connectivity index (χ4n) is 2.63. The van der Waals surface area contributed by atoms with Gasteiger partial charge in [0.15, 0.2) is 0 Å². The van der Waals surface area contributed by atoms with Gasteiger partial charge in [0.25, 0.3) is 5.91 Å². The van der Waals surface area contributed by atoms with Crippen molar-refractivity contribution < 1.29 is 4.79 Å². The van der Waals surface area contributed by atoms with Crippen molar-refractivity contribution in [2.45, 2.75) is 0 Å².